The zero-order valence-corrected chi connectivity index (χ0v) is 11.4. The minimum atomic E-state index is -4.33. The van der Waals surface area contributed by atoms with Crippen LogP contribution in [0.3, 0.4) is 0 Å². The molecular formula is C11H12F4N2O3S. The number of carbonyl (C=O) groups excluding carboxylic acids is 1. The van der Waals surface area contributed by atoms with Gasteiger partial charge in [0.2, 0.25) is 10.0 Å². The summed E-state index contributed by atoms with van der Waals surface area (Å²) in [5.41, 5.74) is -0.477. The molecule has 0 aromatic heterocycles. The highest BCUT2D eigenvalue weighted by Gasteiger charge is 2.26. The van der Waals surface area contributed by atoms with Gasteiger partial charge in [0.05, 0.1) is 10.5 Å². The Morgan fingerprint density at radius 1 is 1.29 bits per heavy atom. The second-order valence-electron chi connectivity index (χ2n) is 4.16. The first kappa shape index (κ1) is 17.4. The fourth-order valence-electron chi connectivity index (χ4n) is 1.44. The number of alkyl halides is 3. The van der Waals surface area contributed by atoms with Crippen molar-refractivity contribution in [3.05, 3.63) is 29.6 Å². The van der Waals surface area contributed by atoms with E-state index >= 15 is 0 Å². The molecule has 0 unspecified atom stereocenters. The number of carbonyl (C=O) groups is 1. The van der Waals surface area contributed by atoms with Crippen molar-refractivity contribution in [2.24, 2.45) is 5.14 Å². The molecule has 0 radical (unpaired) electrons. The van der Waals surface area contributed by atoms with Crippen LogP contribution in [0.25, 0.3) is 0 Å². The zero-order chi connectivity index (χ0) is 16.3. The van der Waals surface area contributed by atoms with Gasteiger partial charge in [0.15, 0.2) is 0 Å². The van der Waals surface area contributed by atoms with Gasteiger partial charge in [0, 0.05) is 13.0 Å². The first-order valence-corrected chi connectivity index (χ1v) is 7.22. The summed E-state index contributed by atoms with van der Waals surface area (Å²) in [7, 11) is -4.10. The molecule has 0 aliphatic carbocycles. The molecule has 10 heteroatoms. The van der Waals surface area contributed by atoms with Crippen LogP contribution in [0.2, 0.25) is 0 Å². The van der Waals surface area contributed by atoms with Gasteiger partial charge < -0.3 is 5.32 Å². The van der Waals surface area contributed by atoms with Crippen LogP contribution in [0.5, 0.6) is 0 Å². The Labute approximate surface area is 118 Å². The quantitative estimate of drug-likeness (QED) is 0.635. The predicted octanol–water partition coefficient (Wildman–Crippen LogP) is 1.55. The molecular weight excluding hydrogens is 316 g/mol. The van der Waals surface area contributed by atoms with Gasteiger partial charge in [0.1, 0.15) is 5.82 Å². The van der Waals surface area contributed by atoms with Crippen molar-refractivity contribution in [2.45, 2.75) is 23.9 Å². The van der Waals surface area contributed by atoms with Crippen molar-refractivity contribution in [2.75, 3.05) is 6.54 Å². The Morgan fingerprint density at radius 3 is 2.38 bits per heavy atom. The lowest BCUT2D eigenvalue weighted by molar-refractivity contribution is -0.135. The lowest BCUT2D eigenvalue weighted by Crippen LogP contribution is -2.26. The lowest BCUT2D eigenvalue weighted by atomic mass is 10.2. The smallest absolute Gasteiger partial charge is 0.352 e. The van der Waals surface area contributed by atoms with Crippen LogP contribution in [0.15, 0.2) is 23.1 Å². The average molecular weight is 328 g/mol. The molecule has 0 aliphatic heterocycles. The van der Waals surface area contributed by atoms with Gasteiger partial charge in [-0.1, -0.05) is 0 Å². The maximum absolute atomic E-state index is 13.6. The van der Waals surface area contributed by atoms with Crippen LogP contribution in [-0.4, -0.2) is 27.0 Å². The third kappa shape index (κ3) is 5.68. The summed E-state index contributed by atoms with van der Waals surface area (Å²) >= 11 is 0. The standard InChI is InChI=1S/C11H12F4N2O3S/c12-9-6-7(21(16,19)20)2-3-8(9)10(18)17-5-1-4-11(13,14)15/h2-3,6H,1,4-5H2,(H,17,18)(H2,16,19,20). The molecule has 0 fully saturated rings. The Balaban J connectivity index is 2.67. The van der Waals surface area contributed by atoms with Crippen molar-refractivity contribution in [3.8, 4) is 0 Å². The van der Waals surface area contributed by atoms with E-state index < -0.39 is 44.8 Å². The van der Waals surface area contributed by atoms with Crippen LogP contribution in [-0.2, 0) is 10.0 Å². The maximum atomic E-state index is 13.6. The molecule has 0 atom stereocenters. The number of benzene rings is 1. The monoisotopic (exact) mass is 328 g/mol. The minimum absolute atomic E-state index is 0.283. The molecule has 0 saturated carbocycles. The van der Waals surface area contributed by atoms with Gasteiger partial charge in [-0.3, -0.25) is 4.79 Å². The zero-order valence-electron chi connectivity index (χ0n) is 10.6. The first-order chi connectivity index (χ1) is 9.50. The van der Waals surface area contributed by atoms with E-state index in [4.69, 9.17) is 5.14 Å². The number of hydrogen-bond acceptors (Lipinski definition) is 3. The molecule has 1 aromatic carbocycles. The number of hydrogen-bond donors (Lipinski definition) is 2. The van der Waals surface area contributed by atoms with Gasteiger partial charge >= 0.3 is 6.18 Å². The molecule has 0 spiro atoms. The lowest BCUT2D eigenvalue weighted by Gasteiger charge is -2.08. The third-order valence-corrected chi connectivity index (χ3v) is 3.35. The Hall–Kier alpha value is -1.68. The van der Waals surface area contributed by atoms with E-state index in [-0.39, 0.29) is 13.0 Å². The molecule has 1 rings (SSSR count). The molecule has 3 N–H and O–H groups in total. The normalized spacial score (nSPS) is 12.2. The summed E-state index contributed by atoms with van der Waals surface area (Å²) in [4.78, 5) is 11.0. The molecule has 0 bridgehead atoms. The summed E-state index contributed by atoms with van der Waals surface area (Å²) in [5, 5.41) is 6.90. The first-order valence-electron chi connectivity index (χ1n) is 5.68. The van der Waals surface area contributed by atoms with E-state index in [2.05, 4.69) is 5.32 Å². The number of sulfonamides is 1. The summed E-state index contributed by atoms with van der Waals surface area (Å²) in [5.74, 6) is -2.06. The van der Waals surface area contributed by atoms with Gasteiger partial charge in [-0.2, -0.15) is 13.2 Å². The number of nitrogens with two attached hydrogens (primary N) is 1. The summed E-state index contributed by atoms with van der Waals surface area (Å²) in [6.07, 6.45) is -5.74. The van der Waals surface area contributed by atoms with Crippen LogP contribution < -0.4 is 10.5 Å². The number of nitrogens with one attached hydrogen (secondary N) is 1. The molecule has 21 heavy (non-hydrogen) atoms. The van der Waals surface area contributed by atoms with Crippen LogP contribution >= 0.6 is 0 Å². The van der Waals surface area contributed by atoms with Crippen LogP contribution in [0, 0.1) is 5.82 Å². The predicted molar refractivity (Wildman–Crippen MR) is 65.4 cm³/mol. The van der Waals surface area contributed by atoms with Gasteiger partial charge in [-0.05, 0) is 24.6 Å². The van der Waals surface area contributed by atoms with Gasteiger partial charge in [-0.15, -0.1) is 0 Å². The molecule has 1 amide bonds. The third-order valence-electron chi connectivity index (χ3n) is 2.44. The van der Waals surface area contributed by atoms with E-state index in [1.165, 1.54) is 0 Å². The van der Waals surface area contributed by atoms with E-state index in [0.717, 1.165) is 12.1 Å². The van der Waals surface area contributed by atoms with Crippen molar-refractivity contribution in [1.29, 1.82) is 0 Å². The van der Waals surface area contributed by atoms with Crippen molar-refractivity contribution >= 4 is 15.9 Å². The van der Waals surface area contributed by atoms with E-state index in [9.17, 15) is 30.8 Å². The van der Waals surface area contributed by atoms with Crippen LogP contribution in [0.1, 0.15) is 23.2 Å². The molecule has 1 aromatic rings. The second-order valence-corrected chi connectivity index (χ2v) is 5.72. The number of primary sulfonamides is 1. The average Bonchev–Trinajstić information content (AvgIpc) is 2.32. The maximum Gasteiger partial charge on any atom is 0.389 e. The summed E-state index contributed by atoms with van der Waals surface area (Å²) in [6, 6.07) is 2.40. The van der Waals surface area contributed by atoms with Crippen molar-refractivity contribution in [1.82, 2.24) is 5.32 Å². The van der Waals surface area contributed by atoms with E-state index in [1.54, 1.807) is 0 Å². The van der Waals surface area contributed by atoms with Gasteiger partial charge in [0.25, 0.3) is 5.91 Å². The molecule has 0 heterocycles. The summed E-state index contributed by atoms with van der Waals surface area (Å²) < 4.78 is 71.2. The highest BCUT2D eigenvalue weighted by Crippen LogP contribution is 2.20. The largest absolute Gasteiger partial charge is 0.389 e. The molecule has 5 nitrogen and oxygen atoms in total. The number of rotatable bonds is 5. The fourth-order valence-corrected chi connectivity index (χ4v) is 1.97. The van der Waals surface area contributed by atoms with Crippen molar-refractivity contribution in [3.63, 3.8) is 0 Å². The van der Waals surface area contributed by atoms with Crippen LogP contribution in [0.4, 0.5) is 17.6 Å². The minimum Gasteiger partial charge on any atom is -0.352 e. The van der Waals surface area contributed by atoms with Gasteiger partial charge in [-0.25, -0.2) is 17.9 Å². The Morgan fingerprint density at radius 2 is 1.90 bits per heavy atom. The summed E-state index contributed by atoms with van der Waals surface area (Å²) in [6.45, 7) is -0.283. The Kier molecular flexibility index (Phi) is 5.29. The second kappa shape index (κ2) is 6.39. The Bertz CT molecular complexity index is 629. The highest BCUT2D eigenvalue weighted by molar-refractivity contribution is 7.89. The SMILES string of the molecule is NS(=O)(=O)c1ccc(C(=O)NCCCC(F)(F)F)c(F)c1. The topological polar surface area (TPSA) is 89.3 Å². The molecule has 0 saturated heterocycles. The molecule has 0 aliphatic rings. The van der Waals surface area contributed by atoms with E-state index in [1.807, 2.05) is 0 Å². The fraction of sp³-hybridized carbons (Fsp3) is 0.364. The number of amides is 1. The van der Waals surface area contributed by atoms with Crippen molar-refractivity contribution < 1.29 is 30.8 Å². The number of halogens is 4. The van der Waals surface area contributed by atoms with E-state index in [0.29, 0.717) is 6.07 Å². The molecule has 118 valence electrons. The highest BCUT2D eigenvalue weighted by atomic mass is 32.2.